The molecule has 0 bridgehead atoms. The Morgan fingerprint density at radius 2 is 1.78 bits per heavy atom. The number of aliphatic hydroxyl groups is 2. The summed E-state index contributed by atoms with van der Waals surface area (Å²) in [6.45, 7) is 8.77. The maximum absolute atomic E-state index is 12.7. The van der Waals surface area contributed by atoms with Crippen molar-refractivity contribution >= 4 is 0 Å². The highest BCUT2D eigenvalue weighted by molar-refractivity contribution is 5.33. The summed E-state index contributed by atoms with van der Waals surface area (Å²) in [6.07, 6.45) is 7.88. The second-order valence-corrected chi connectivity index (χ2v) is 11.5. The lowest BCUT2D eigenvalue weighted by Gasteiger charge is -2.59. The Morgan fingerprint density at radius 1 is 1.06 bits per heavy atom. The molecule has 180 valence electrons. The van der Waals surface area contributed by atoms with Crippen molar-refractivity contribution in [1.82, 2.24) is 0 Å². The van der Waals surface area contributed by atoms with Gasteiger partial charge in [0.2, 0.25) is 0 Å². The van der Waals surface area contributed by atoms with Crippen LogP contribution in [0.3, 0.4) is 0 Å². The van der Waals surface area contributed by atoms with Gasteiger partial charge in [-0.05, 0) is 85.9 Å². The standard InChI is InChI=1S/C27H39F3O2/c1-5-26(32)15-14-24(3)18(16-26)7-8-19-21-10-9-20(25(21,4)13-12-22(19)24)17(2)6-11-23(31)27(28,29)30/h6-7,9,11,17,19,21-23,31-32H,5,8,10,12-16H2,1-4H3/b11-6+/t17-,19+,21+,22+,23+,24?,25-,26+/m1/s1. The average Bonchev–Trinajstić information content (AvgIpc) is 3.09. The normalized spacial score (nSPS) is 43.7. The van der Waals surface area contributed by atoms with Crippen LogP contribution in [0, 0.1) is 34.5 Å². The highest BCUT2D eigenvalue weighted by Crippen LogP contribution is 2.66. The van der Waals surface area contributed by atoms with Crippen LogP contribution in [0.2, 0.25) is 0 Å². The number of halogens is 3. The summed E-state index contributed by atoms with van der Waals surface area (Å²) < 4.78 is 38.1. The first-order chi connectivity index (χ1) is 14.8. The molecule has 32 heavy (non-hydrogen) atoms. The summed E-state index contributed by atoms with van der Waals surface area (Å²) in [7, 11) is 0. The van der Waals surface area contributed by atoms with Crippen LogP contribution in [0.1, 0.15) is 79.1 Å². The van der Waals surface area contributed by atoms with E-state index in [9.17, 15) is 23.4 Å². The van der Waals surface area contributed by atoms with Gasteiger partial charge in [0.25, 0.3) is 0 Å². The van der Waals surface area contributed by atoms with Gasteiger partial charge < -0.3 is 10.2 Å². The monoisotopic (exact) mass is 452 g/mol. The van der Waals surface area contributed by atoms with E-state index in [1.807, 2.05) is 6.92 Å². The molecule has 0 saturated heterocycles. The van der Waals surface area contributed by atoms with E-state index >= 15 is 0 Å². The number of alkyl halides is 3. The van der Waals surface area contributed by atoms with Crippen LogP contribution in [0.15, 0.2) is 35.5 Å². The van der Waals surface area contributed by atoms with Crippen LogP contribution in [0.5, 0.6) is 0 Å². The smallest absolute Gasteiger partial charge is 0.390 e. The maximum Gasteiger partial charge on any atom is 0.417 e. The van der Waals surface area contributed by atoms with Gasteiger partial charge in [-0.15, -0.1) is 0 Å². The van der Waals surface area contributed by atoms with Crippen LogP contribution < -0.4 is 0 Å². The van der Waals surface area contributed by atoms with Crippen LogP contribution in [-0.4, -0.2) is 28.1 Å². The minimum Gasteiger partial charge on any atom is -0.390 e. The van der Waals surface area contributed by atoms with Crippen molar-refractivity contribution < 1.29 is 23.4 Å². The lowest BCUT2D eigenvalue weighted by molar-refractivity contribution is -0.187. The number of allylic oxidation sites excluding steroid dienone is 4. The van der Waals surface area contributed by atoms with E-state index < -0.39 is 17.9 Å². The molecule has 0 heterocycles. The largest absolute Gasteiger partial charge is 0.417 e. The van der Waals surface area contributed by atoms with Crippen LogP contribution in [0.25, 0.3) is 0 Å². The minimum atomic E-state index is -4.61. The Kier molecular flexibility index (Phi) is 6.02. The highest BCUT2D eigenvalue weighted by atomic mass is 19.4. The lowest BCUT2D eigenvalue weighted by Crippen LogP contribution is -2.51. The van der Waals surface area contributed by atoms with Crippen molar-refractivity contribution in [3.8, 4) is 0 Å². The molecular formula is C27H39F3O2. The summed E-state index contributed by atoms with van der Waals surface area (Å²) in [5.41, 5.74) is 2.33. The van der Waals surface area contributed by atoms with Gasteiger partial charge in [-0.1, -0.05) is 63.1 Å². The van der Waals surface area contributed by atoms with Gasteiger partial charge in [-0.2, -0.15) is 13.2 Å². The molecule has 2 saturated carbocycles. The molecule has 1 unspecified atom stereocenters. The number of aliphatic hydroxyl groups excluding tert-OH is 1. The number of hydrogen-bond acceptors (Lipinski definition) is 2. The molecule has 0 aromatic heterocycles. The Labute approximate surface area is 190 Å². The second kappa shape index (κ2) is 8.01. The van der Waals surface area contributed by atoms with E-state index in [2.05, 4.69) is 32.9 Å². The van der Waals surface area contributed by atoms with Gasteiger partial charge in [0.15, 0.2) is 6.10 Å². The van der Waals surface area contributed by atoms with Crippen molar-refractivity contribution in [2.45, 2.75) is 96.9 Å². The van der Waals surface area contributed by atoms with E-state index in [4.69, 9.17) is 0 Å². The fourth-order valence-electron chi connectivity index (χ4n) is 7.81. The zero-order chi connectivity index (χ0) is 23.5. The van der Waals surface area contributed by atoms with E-state index in [0.29, 0.717) is 17.8 Å². The summed E-state index contributed by atoms with van der Waals surface area (Å²) >= 11 is 0. The topological polar surface area (TPSA) is 40.5 Å². The zero-order valence-corrected chi connectivity index (χ0v) is 19.9. The van der Waals surface area contributed by atoms with Crippen molar-refractivity contribution in [3.05, 3.63) is 35.5 Å². The number of fused-ring (bicyclic) bond motifs is 5. The first-order valence-corrected chi connectivity index (χ1v) is 12.4. The lowest BCUT2D eigenvalue weighted by atomic mass is 9.46. The molecule has 5 heteroatoms. The van der Waals surface area contributed by atoms with Crippen molar-refractivity contribution in [2.24, 2.45) is 34.5 Å². The summed E-state index contributed by atoms with van der Waals surface area (Å²) in [6, 6.07) is 0. The molecule has 2 N–H and O–H groups in total. The molecular weight excluding hydrogens is 413 g/mol. The first kappa shape index (κ1) is 24.1. The Bertz CT molecular complexity index is 827. The number of rotatable bonds is 4. The third-order valence-corrected chi connectivity index (χ3v) is 9.96. The van der Waals surface area contributed by atoms with Gasteiger partial charge in [0, 0.05) is 0 Å². The Morgan fingerprint density at radius 3 is 2.44 bits per heavy atom. The summed E-state index contributed by atoms with van der Waals surface area (Å²) in [5.74, 6) is 1.60. The Balaban J connectivity index is 1.53. The molecule has 0 aromatic carbocycles. The highest BCUT2D eigenvalue weighted by Gasteiger charge is 2.57. The molecule has 2 fully saturated rings. The average molecular weight is 453 g/mol. The quantitative estimate of drug-likeness (QED) is 0.464. The molecule has 4 aliphatic rings. The summed E-state index contributed by atoms with van der Waals surface area (Å²) in [5, 5.41) is 20.3. The van der Waals surface area contributed by atoms with Crippen molar-refractivity contribution in [1.29, 1.82) is 0 Å². The molecule has 0 amide bonds. The van der Waals surface area contributed by atoms with Gasteiger partial charge in [0.05, 0.1) is 5.60 Å². The SMILES string of the molecule is CC[C@]1(O)CCC2(C)C(=CC[C@@H]3[C@@H]2CC[C@]2(C)C([C@H](C)/C=C/[C@H](O)C(F)(F)F)=CC[C@@H]32)C1. The zero-order valence-electron chi connectivity index (χ0n) is 19.9. The van der Waals surface area contributed by atoms with Crippen molar-refractivity contribution in [3.63, 3.8) is 0 Å². The van der Waals surface area contributed by atoms with Crippen LogP contribution in [0.4, 0.5) is 13.2 Å². The molecule has 4 rings (SSSR count). The van der Waals surface area contributed by atoms with Gasteiger partial charge in [-0.3, -0.25) is 0 Å². The second-order valence-electron chi connectivity index (χ2n) is 11.5. The molecule has 2 nitrogen and oxygen atoms in total. The van der Waals surface area contributed by atoms with Crippen LogP contribution in [-0.2, 0) is 0 Å². The molecule has 0 radical (unpaired) electrons. The van der Waals surface area contributed by atoms with E-state index in [1.165, 1.54) is 17.2 Å². The minimum absolute atomic E-state index is 0.00857. The first-order valence-electron chi connectivity index (χ1n) is 12.4. The molecule has 4 aliphatic carbocycles. The van der Waals surface area contributed by atoms with E-state index in [0.717, 1.165) is 57.4 Å². The fraction of sp³-hybridized carbons (Fsp3) is 0.778. The number of hydrogen-bond donors (Lipinski definition) is 2. The van der Waals surface area contributed by atoms with E-state index in [1.54, 1.807) is 0 Å². The predicted molar refractivity (Wildman–Crippen MR) is 121 cm³/mol. The Hall–Kier alpha value is -1.07. The van der Waals surface area contributed by atoms with Gasteiger partial charge in [0.1, 0.15) is 0 Å². The third-order valence-electron chi connectivity index (χ3n) is 9.96. The molecule has 8 atom stereocenters. The molecule has 0 spiro atoms. The van der Waals surface area contributed by atoms with Gasteiger partial charge >= 0.3 is 6.18 Å². The predicted octanol–water partition coefficient (Wildman–Crippen LogP) is 6.74. The van der Waals surface area contributed by atoms with Crippen molar-refractivity contribution in [2.75, 3.05) is 0 Å². The molecule has 0 aliphatic heterocycles. The molecule has 0 aromatic rings. The van der Waals surface area contributed by atoms with E-state index in [-0.39, 0.29) is 16.7 Å². The van der Waals surface area contributed by atoms with Crippen LogP contribution >= 0.6 is 0 Å². The maximum atomic E-state index is 12.7. The summed E-state index contributed by atoms with van der Waals surface area (Å²) in [4.78, 5) is 0. The third kappa shape index (κ3) is 3.81. The fourth-order valence-corrected chi connectivity index (χ4v) is 7.81. The van der Waals surface area contributed by atoms with Gasteiger partial charge in [-0.25, -0.2) is 0 Å².